The van der Waals surface area contributed by atoms with Gasteiger partial charge in [-0.1, -0.05) is 23.4 Å². The Bertz CT molecular complexity index is 890. The van der Waals surface area contributed by atoms with E-state index in [-0.39, 0.29) is 11.9 Å². The largest absolute Gasteiger partial charge is 0.310 e. The van der Waals surface area contributed by atoms with E-state index in [1.807, 2.05) is 26.0 Å². The third-order valence-electron chi connectivity index (χ3n) is 3.57. The molecule has 0 unspecified atom stereocenters. The lowest BCUT2D eigenvalue weighted by Gasteiger charge is -2.14. The van der Waals surface area contributed by atoms with Crippen LogP contribution in [0.5, 0.6) is 0 Å². The fourth-order valence-corrected chi connectivity index (χ4v) is 3.19. The number of halogens is 1. The van der Waals surface area contributed by atoms with E-state index in [4.69, 9.17) is 11.6 Å². The molecule has 1 N–H and O–H groups in total. The van der Waals surface area contributed by atoms with Crippen molar-refractivity contribution in [2.75, 3.05) is 5.32 Å². The van der Waals surface area contributed by atoms with Gasteiger partial charge >= 0.3 is 0 Å². The van der Waals surface area contributed by atoms with Gasteiger partial charge in [0.05, 0.1) is 17.1 Å². The van der Waals surface area contributed by atoms with Crippen LogP contribution in [0.2, 0.25) is 5.02 Å². The molecule has 0 radical (unpaired) electrons. The summed E-state index contributed by atoms with van der Waals surface area (Å²) in [7, 11) is 0. The number of thioether (sulfide) groups is 1. The van der Waals surface area contributed by atoms with Crippen molar-refractivity contribution in [3.05, 3.63) is 41.6 Å². The molecule has 1 aromatic carbocycles. The van der Waals surface area contributed by atoms with Crippen LogP contribution in [0.15, 0.2) is 41.7 Å². The minimum absolute atomic E-state index is 0.150. The molecule has 136 valence electrons. The predicted molar refractivity (Wildman–Crippen MR) is 101 cm³/mol. The molecule has 3 rings (SSSR count). The Balaban J connectivity index is 1.71. The summed E-state index contributed by atoms with van der Waals surface area (Å²) < 4.78 is 3.33. The summed E-state index contributed by atoms with van der Waals surface area (Å²) in [5.41, 5.74) is 0.771. The topological polar surface area (TPSA) is 90.5 Å². The molecule has 1 amide bonds. The summed E-state index contributed by atoms with van der Waals surface area (Å²) in [6.45, 7) is 5.80. The van der Waals surface area contributed by atoms with Crippen LogP contribution in [0.4, 0.5) is 5.82 Å². The second-order valence-corrected chi connectivity index (χ2v) is 7.60. The molecule has 3 aromatic rings. The highest BCUT2D eigenvalue weighted by Crippen LogP contribution is 2.24. The van der Waals surface area contributed by atoms with Gasteiger partial charge in [-0.3, -0.25) is 4.79 Å². The van der Waals surface area contributed by atoms with Gasteiger partial charge in [0.25, 0.3) is 0 Å². The first-order valence-electron chi connectivity index (χ1n) is 8.01. The molecule has 0 aliphatic rings. The molecule has 2 heterocycles. The fourth-order valence-electron chi connectivity index (χ4n) is 2.26. The average molecular weight is 392 g/mol. The Morgan fingerprint density at radius 1 is 1.19 bits per heavy atom. The first kappa shape index (κ1) is 18.4. The molecule has 0 fully saturated rings. The number of hydrogen-bond acceptors (Lipinski definition) is 6. The molecule has 2 aromatic heterocycles. The van der Waals surface area contributed by atoms with Crippen LogP contribution in [-0.4, -0.2) is 41.1 Å². The smallest absolute Gasteiger partial charge is 0.238 e. The quantitative estimate of drug-likeness (QED) is 0.649. The molecule has 0 bridgehead atoms. The van der Waals surface area contributed by atoms with Crippen molar-refractivity contribution in [3.63, 3.8) is 0 Å². The predicted octanol–water partition coefficient (Wildman–Crippen LogP) is 3.21. The van der Waals surface area contributed by atoms with Gasteiger partial charge in [0.15, 0.2) is 0 Å². The summed E-state index contributed by atoms with van der Waals surface area (Å²) in [4.78, 5) is 12.5. The number of aromatic nitrogens is 6. The number of hydrogen-bond donors (Lipinski definition) is 1. The molecule has 8 nitrogen and oxygen atoms in total. The van der Waals surface area contributed by atoms with Crippen LogP contribution < -0.4 is 5.32 Å². The normalized spacial score (nSPS) is 12.3. The van der Waals surface area contributed by atoms with Crippen molar-refractivity contribution in [1.82, 2.24) is 30.0 Å². The van der Waals surface area contributed by atoms with E-state index in [2.05, 4.69) is 25.9 Å². The van der Waals surface area contributed by atoms with Crippen molar-refractivity contribution in [1.29, 1.82) is 0 Å². The maximum absolute atomic E-state index is 12.5. The van der Waals surface area contributed by atoms with Gasteiger partial charge < -0.3 is 5.32 Å². The van der Waals surface area contributed by atoms with Crippen LogP contribution in [0.3, 0.4) is 0 Å². The first-order chi connectivity index (χ1) is 12.5. The summed E-state index contributed by atoms with van der Waals surface area (Å²) in [5.74, 6) is 0.512. The van der Waals surface area contributed by atoms with E-state index in [9.17, 15) is 4.79 Å². The molecule has 0 saturated carbocycles. The average Bonchev–Trinajstić information content (AvgIpc) is 3.25. The molecule has 1 atom stereocenters. The standard InChI is InChI=1S/C16H18ClN7OS/c1-10(2)23-14(8-9-18-23)19-15(25)11(3)26-16-20-21-22-24(16)13-6-4-12(17)5-7-13/h4-11H,1-3H3,(H,19,25)/t11-/m1/s1. The van der Waals surface area contributed by atoms with Gasteiger partial charge in [-0.2, -0.15) is 9.78 Å². The Morgan fingerprint density at radius 2 is 1.92 bits per heavy atom. The van der Waals surface area contributed by atoms with Gasteiger partial charge in [0.1, 0.15) is 5.82 Å². The van der Waals surface area contributed by atoms with Crippen molar-refractivity contribution >= 4 is 35.1 Å². The zero-order valence-electron chi connectivity index (χ0n) is 14.5. The van der Waals surface area contributed by atoms with Crippen molar-refractivity contribution in [2.24, 2.45) is 0 Å². The minimum atomic E-state index is -0.400. The number of carbonyl (C=O) groups excluding carboxylic acids is 1. The number of carbonyl (C=O) groups is 1. The Labute approximate surface area is 159 Å². The van der Waals surface area contributed by atoms with Crippen LogP contribution in [0, 0.1) is 0 Å². The molecule has 26 heavy (non-hydrogen) atoms. The summed E-state index contributed by atoms with van der Waals surface area (Å²) in [5, 5.41) is 19.6. The lowest BCUT2D eigenvalue weighted by molar-refractivity contribution is -0.115. The van der Waals surface area contributed by atoms with Crippen LogP contribution in [0.1, 0.15) is 26.8 Å². The third kappa shape index (κ3) is 4.05. The van der Waals surface area contributed by atoms with Crippen molar-refractivity contribution < 1.29 is 4.79 Å². The maximum Gasteiger partial charge on any atom is 0.238 e. The Morgan fingerprint density at radius 3 is 2.62 bits per heavy atom. The third-order valence-corrected chi connectivity index (χ3v) is 4.86. The molecule has 0 aliphatic carbocycles. The Kier molecular flexibility index (Phi) is 5.58. The molecule has 0 saturated heterocycles. The number of rotatable bonds is 6. The summed E-state index contributed by atoms with van der Waals surface area (Å²) in [6, 6.07) is 9.07. The summed E-state index contributed by atoms with van der Waals surface area (Å²) in [6.07, 6.45) is 1.66. The Hall–Kier alpha value is -2.39. The van der Waals surface area contributed by atoms with Crippen LogP contribution in [0.25, 0.3) is 5.69 Å². The van der Waals surface area contributed by atoms with Gasteiger partial charge in [-0.15, -0.1) is 5.10 Å². The van der Waals surface area contributed by atoms with E-state index < -0.39 is 5.25 Å². The number of anilines is 1. The van der Waals surface area contributed by atoms with Crippen molar-refractivity contribution in [2.45, 2.75) is 37.2 Å². The zero-order valence-corrected chi connectivity index (χ0v) is 16.1. The second kappa shape index (κ2) is 7.88. The zero-order chi connectivity index (χ0) is 18.7. The molecule has 0 aliphatic heterocycles. The minimum Gasteiger partial charge on any atom is -0.310 e. The van der Waals surface area contributed by atoms with E-state index in [0.717, 1.165) is 5.69 Å². The number of nitrogens with zero attached hydrogens (tertiary/aromatic N) is 6. The number of benzene rings is 1. The van der Waals surface area contributed by atoms with Gasteiger partial charge in [-0.25, -0.2) is 4.68 Å². The molecule has 10 heteroatoms. The van der Waals surface area contributed by atoms with Crippen LogP contribution >= 0.6 is 23.4 Å². The van der Waals surface area contributed by atoms with Crippen molar-refractivity contribution in [3.8, 4) is 5.69 Å². The van der Waals surface area contributed by atoms with E-state index >= 15 is 0 Å². The highest BCUT2D eigenvalue weighted by molar-refractivity contribution is 8.00. The van der Waals surface area contributed by atoms with E-state index in [1.165, 1.54) is 11.8 Å². The van der Waals surface area contributed by atoms with Crippen LogP contribution in [-0.2, 0) is 4.79 Å². The van der Waals surface area contributed by atoms with E-state index in [1.54, 1.807) is 40.7 Å². The highest BCUT2D eigenvalue weighted by Gasteiger charge is 2.20. The number of amides is 1. The van der Waals surface area contributed by atoms with Gasteiger partial charge in [0, 0.05) is 17.1 Å². The number of nitrogens with one attached hydrogen (secondary N) is 1. The van der Waals surface area contributed by atoms with Gasteiger partial charge in [-0.05, 0) is 55.5 Å². The van der Waals surface area contributed by atoms with Gasteiger partial charge in [0.2, 0.25) is 11.1 Å². The first-order valence-corrected chi connectivity index (χ1v) is 9.27. The molecular formula is C16H18ClN7OS. The maximum atomic E-state index is 12.5. The van der Waals surface area contributed by atoms with E-state index in [0.29, 0.717) is 16.0 Å². The molecular weight excluding hydrogens is 374 g/mol. The second-order valence-electron chi connectivity index (χ2n) is 5.85. The highest BCUT2D eigenvalue weighted by atomic mass is 35.5. The number of tetrazole rings is 1. The lowest BCUT2D eigenvalue weighted by atomic mass is 10.3. The monoisotopic (exact) mass is 391 g/mol. The molecule has 0 spiro atoms. The summed E-state index contributed by atoms with van der Waals surface area (Å²) >= 11 is 7.19. The SMILES string of the molecule is CC(C)n1nccc1NC(=O)[C@@H](C)Sc1nnnn1-c1ccc(Cl)cc1. The lowest BCUT2D eigenvalue weighted by Crippen LogP contribution is -2.25. The fraction of sp³-hybridized carbons (Fsp3) is 0.312.